The molecular weight excluding hydrogens is 291 g/mol. The third-order valence-electron chi connectivity index (χ3n) is 2.11. The van der Waals surface area contributed by atoms with Crippen LogP contribution in [0.5, 0.6) is 0 Å². The number of hydrogen-bond donors (Lipinski definition) is 1. The maximum Gasteiger partial charge on any atom is 0.282 e. The Labute approximate surface area is 106 Å². The maximum atomic E-state index is 11.0. The molecule has 1 aromatic heterocycles. The van der Waals surface area contributed by atoms with E-state index in [1.54, 1.807) is 6.07 Å². The van der Waals surface area contributed by atoms with Crippen molar-refractivity contribution in [3.63, 3.8) is 0 Å². The molecular formula is C11H8BrClN2O. The number of aromatic amines is 1. The Bertz CT molecular complexity index is 551. The van der Waals surface area contributed by atoms with E-state index in [9.17, 15) is 4.79 Å². The number of benzene rings is 1. The van der Waals surface area contributed by atoms with Crippen LogP contribution in [-0.4, -0.2) is 10.2 Å². The zero-order chi connectivity index (χ0) is 11.5. The van der Waals surface area contributed by atoms with Crippen LogP contribution in [0.4, 0.5) is 0 Å². The molecule has 0 fully saturated rings. The molecule has 2 rings (SSSR count). The van der Waals surface area contributed by atoms with Crippen LogP contribution >= 0.6 is 27.5 Å². The highest BCUT2D eigenvalue weighted by Gasteiger charge is 2.01. The molecule has 82 valence electrons. The van der Waals surface area contributed by atoms with Gasteiger partial charge in [-0.1, -0.05) is 39.7 Å². The van der Waals surface area contributed by atoms with E-state index < -0.39 is 0 Å². The molecule has 0 spiro atoms. The Hall–Kier alpha value is -1.13. The lowest BCUT2D eigenvalue weighted by molar-refractivity contribution is 0.911. The fourth-order valence-electron chi connectivity index (χ4n) is 1.32. The van der Waals surface area contributed by atoms with Crippen molar-refractivity contribution >= 4 is 27.5 Å². The molecule has 0 aliphatic carbocycles. The van der Waals surface area contributed by atoms with Crippen molar-refractivity contribution in [2.24, 2.45) is 0 Å². The Morgan fingerprint density at radius 3 is 2.62 bits per heavy atom. The third-order valence-corrected chi connectivity index (χ3v) is 2.92. The second-order valence-electron chi connectivity index (χ2n) is 3.34. The van der Waals surface area contributed by atoms with Crippen molar-refractivity contribution in [1.29, 1.82) is 0 Å². The van der Waals surface area contributed by atoms with Gasteiger partial charge in [-0.2, -0.15) is 5.10 Å². The van der Waals surface area contributed by atoms with Crippen LogP contribution in [0.3, 0.4) is 0 Å². The molecule has 0 aliphatic rings. The fraction of sp³-hybridized carbons (Fsp3) is 0.0909. The maximum absolute atomic E-state index is 11.0. The molecule has 0 saturated heterocycles. The van der Waals surface area contributed by atoms with Crippen LogP contribution in [0, 0.1) is 0 Å². The first-order valence-electron chi connectivity index (χ1n) is 4.64. The van der Waals surface area contributed by atoms with E-state index in [-0.39, 0.29) is 10.6 Å². The predicted molar refractivity (Wildman–Crippen MR) is 66.8 cm³/mol. The van der Waals surface area contributed by atoms with Gasteiger partial charge in [-0.05, 0) is 23.8 Å². The van der Waals surface area contributed by atoms with E-state index in [1.165, 1.54) is 0 Å². The van der Waals surface area contributed by atoms with Gasteiger partial charge in [0.1, 0.15) is 5.02 Å². The molecule has 0 unspecified atom stereocenters. The summed E-state index contributed by atoms with van der Waals surface area (Å²) >= 11 is 9.08. The minimum absolute atomic E-state index is 0.169. The Kier molecular flexibility index (Phi) is 3.41. The summed E-state index contributed by atoms with van der Waals surface area (Å²) in [6, 6.07) is 9.49. The van der Waals surface area contributed by atoms with Crippen LogP contribution in [-0.2, 0) is 6.42 Å². The molecule has 1 aromatic carbocycles. The quantitative estimate of drug-likeness (QED) is 0.927. The van der Waals surface area contributed by atoms with Crippen LogP contribution in [0.2, 0.25) is 5.02 Å². The normalized spacial score (nSPS) is 10.4. The summed E-state index contributed by atoms with van der Waals surface area (Å²) in [5, 5.41) is 6.44. The number of nitrogens with one attached hydrogen (secondary N) is 1. The lowest BCUT2D eigenvalue weighted by atomic mass is 10.1. The second-order valence-corrected chi connectivity index (χ2v) is 4.66. The van der Waals surface area contributed by atoms with Gasteiger partial charge in [-0.25, -0.2) is 5.10 Å². The SMILES string of the molecule is O=c1[nH]nc(Cc2ccc(Br)cc2)cc1Cl. The van der Waals surface area contributed by atoms with Gasteiger partial charge < -0.3 is 0 Å². The molecule has 1 heterocycles. The molecule has 5 heteroatoms. The first kappa shape index (κ1) is 11.4. The second kappa shape index (κ2) is 4.80. The summed E-state index contributed by atoms with van der Waals surface area (Å²) in [7, 11) is 0. The van der Waals surface area contributed by atoms with Crippen LogP contribution < -0.4 is 5.56 Å². The van der Waals surface area contributed by atoms with Gasteiger partial charge in [0.2, 0.25) is 0 Å². The standard InChI is InChI=1S/C11H8BrClN2O/c12-8-3-1-7(2-4-8)5-9-6-10(13)11(16)15-14-9/h1-4,6H,5H2,(H,15,16). The molecule has 2 aromatic rings. The van der Waals surface area contributed by atoms with Crippen molar-refractivity contribution in [2.75, 3.05) is 0 Å². The number of hydrogen-bond acceptors (Lipinski definition) is 2. The van der Waals surface area contributed by atoms with Crippen molar-refractivity contribution < 1.29 is 0 Å². The zero-order valence-electron chi connectivity index (χ0n) is 8.21. The molecule has 0 amide bonds. The minimum atomic E-state index is -0.360. The van der Waals surface area contributed by atoms with E-state index in [0.717, 1.165) is 15.7 Å². The average molecular weight is 300 g/mol. The highest BCUT2D eigenvalue weighted by molar-refractivity contribution is 9.10. The van der Waals surface area contributed by atoms with Gasteiger partial charge in [-0.3, -0.25) is 4.79 Å². The van der Waals surface area contributed by atoms with Gasteiger partial charge in [0.15, 0.2) is 0 Å². The lowest BCUT2D eigenvalue weighted by Gasteiger charge is -2.01. The van der Waals surface area contributed by atoms with Gasteiger partial charge in [0, 0.05) is 10.9 Å². The largest absolute Gasteiger partial charge is 0.282 e. The number of rotatable bonds is 2. The van der Waals surface area contributed by atoms with Crippen LogP contribution in [0.1, 0.15) is 11.3 Å². The first-order chi connectivity index (χ1) is 7.65. The summed E-state index contributed by atoms with van der Waals surface area (Å²) < 4.78 is 1.03. The number of H-pyrrole nitrogens is 1. The van der Waals surface area contributed by atoms with E-state index in [4.69, 9.17) is 11.6 Å². The van der Waals surface area contributed by atoms with Gasteiger partial charge >= 0.3 is 0 Å². The first-order valence-corrected chi connectivity index (χ1v) is 5.81. The van der Waals surface area contributed by atoms with E-state index in [0.29, 0.717) is 6.42 Å². The summed E-state index contributed by atoms with van der Waals surface area (Å²) in [6.07, 6.45) is 0.643. The summed E-state index contributed by atoms with van der Waals surface area (Å²) in [5.41, 5.74) is 1.49. The molecule has 16 heavy (non-hydrogen) atoms. The molecule has 0 bridgehead atoms. The van der Waals surface area contributed by atoms with Crippen molar-refractivity contribution in [3.05, 3.63) is 61.4 Å². The molecule has 0 atom stereocenters. The zero-order valence-corrected chi connectivity index (χ0v) is 10.5. The molecule has 0 saturated carbocycles. The van der Waals surface area contributed by atoms with Crippen molar-refractivity contribution in [3.8, 4) is 0 Å². The number of nitrogens with zero attached hydrogens (tertiary/aromatic N) is 1. The van der Waals surface area contributed by atoms with Crippen LogP contribution in [0.15, 0.2) is 39.6 Å². The number of aromatic nitrogens is 2. The lowest BCUT2D eigenvalue weighted by Crippen LogP contribution is -2.10. The predicted octanol–water partition coefficient (Wildman–Crippen LogP) is 2.78. The highest BCUT2D eigenvalue weighted by atomic mass is 79.9. The van der Waals surface area contributed by atoms with Gasteiger partial charge in [0.25, 0.3) is 5.56 Å². The topological polar surface area (TPSA) is 45.8 Å². The van der Waals surface area contributed by atoms with E-state index in [2.05, 4.69) is 26.1 Å². The smallest absolute Gasteiger partial charge is 0.266 e. The van der Waals surface area contributed by atoms with Crippen molar-refractivity contribution in [2.45, 2.75) is 6.42 Å². The molecule has 0 aliphatic heterocycles. The van der Waals surface area contributed by atoms with E-state index in [1.807, 2.05) is 24.3 Å². The Morgan fingerprint density at radius 2 is 2.00 bits per heavy atom. The molecule has 0 radical (unpaired) electrons. The fourth-order valence-corrected chi connectivity index (χ4v) is 1.75. The van der Waals surface area contributed by atoms with Crippen molar-refractivity contribution in [1.82, 2.24) is 10.2 Å². The molecule has 1 N–H and O–H groups in total. The Morgan fingerprint density at radius 1 is 1.31 bits per heavy atom. The van der Waals surface area contributed by atoms with Gasteiger partial charge in [-0.15, -0.1) is 0 Å². The highest BCUT2D eigenvalue weighted by Crippen LogP contribution is 2.13. The van der Waals surface area contributed by atoms with E-state index >= 15 is 0 Å². The average Bonchev–Trinajstić information content (AvgIpc) is 2.27. The monoisotopic (exact) mass is 298 g/mol. The molecule has 3 nitrogen and oxygen atoms in total. The third kappa shape index (κ3) is 2.71. The summed E-state index contributed by atoms with van der Waals surface area (Å²) in [4.78, 5) is 11.0. The summed E-state index contributed by atoms with van der Waals surface area (Å²) in [6.45, 7) is 0. The number of halogens is 2. The van der Waals surface area contributed by atoms with Gasteiger partial charge in [0.05, 0.1) is 5.69 Å². The Balaban J connectivity index is 2.23. The van der Waals surface area contributed by atoms with Crippen LogP contribution in [0.25, 0.3) is 0 Å². The summed E-state index contributed by atoms with van der Waals surface area (Å²) in [5.74, 6) is 0. The minimum Gasteiger partial charge on any atom is -0.266 e.